The van der Waals surface area contributed by atoms with Crippen LogP contribution in [0.15, 0.2) is 53.7 Å². The van der Waals surface area contributed by atoms with Crippen molar-refractivity contribution < 1.29 is 4.79 Å². The van der Waals surface area contributed by atoms with Crippen molar-refractivity contribution in [3.8, 4) is 22.8 Å². The number of carbonyl (C=O) groups is 1. The zero-order valence-electron chi connectivity index (χ0n) is 17.5. The van der Waals surface area contributed by atoms with Gasteiger partial charge in [-0.15, -0.1) is 10.2 Å². The Kier molecular flexibility index (Phi) is 5.77. The van der Waals surface area contributed by atoms with Gasteiger partial charge in [0.1, 0.15) is 5.69 Å². The van der Waals surface area contributed by atoms with Crippen LogP contribution in [-0.4, -0.2) is 36.7 Å². The molecule has 0 atom stereocenters. The minimum Gasteiger partial charge on any atom is -0.335 e. The molecular formula is C22H23N7OS. The van der Waals surface area contributed by atoms with Crippen LogP contribution in [0.25, 0.3) is 22.8 Å². The van der Waals surface area contributed by atoms with Crippen molar-refractivity contribution in [2.75, 3.05) is 16.9 Å². The summed E-state index contributed by atoms with van der Waals surface area (Å²) in [6.07, 6.45) is 0. The van der Waals surface area contributed by atoms with Gasteiger partial charge in [-0.3, -0.25) is 9.89 Å². The van der Waals surface area contributed by atoms with Gasteiger partial charge in [0.15, 0.2) is 0 Å². The molecule has 0 aliphatic rings. The molecule has 0 fully saturated rings. The summed E-state index contributed by atoms with van der Waals surface area (Å²) < 4.78 is 1.36. The molecule has 2 aromatic heterocycles. The minimum atomic E-state index is -0.129. The number of hydrogen-bond donors (Lipinski definition) is 3. The van der Waals surface area contributed by atoms with E-state index in [0.29, 0.717) is 16.7 Å². The molecule has 0 bridgehead atoms. The zero-order chi connectivity index (χ0) is 22.0. The first-order chi connectivity index (χ1) is 14.9. The second-order valence-electron chi connectivity index (χ2n) is 7.31. The molecular weight excluding hydrogens is 410 g/mol. The lowest BCUT2D eigenvalue weighted by Crippen LogP contribution is -2.17. The molecule has 1 amide bonds. The maximum atomic E-state index is 12.4. The van der Waals surface area contributed by atoms with Crippen molar-refractivity contribution in [2.45, 2.75) is 25.9 Å². The molecule has 0 aliphatic heterocycles. The summed E-state index contributed by atoms with van der Waals surface area (Å²) in [5, 5.41) is 19.0. The highest BCUT2D eigenvalue weighted by Crippen LogP contribution is 2.25. The van der Waals surface area contributed by atoms with Crippen LogP contribution in [0.2, 0.25) is 0 Å². The van der Waals surface area contributed by atoms with E-state index < -0.39 is 0 Å². The number of amides is 1. The molecule has 8 nitrogen and oxygen atoms in total. The first kappa shape index (κ1) is 20.7. The summed E-state index contributed by atoms with van der Waals surface area (Å²) in [6, 6.07) is 15.9. The Labute approximate surface area is 184 Å². The van der Waals surface area contributed by atoms with Crippen molar-refractivity contribution >= 4 is 23.4 Å². The average Bonchev–Trinajstić information content (AvgIpc) is 3.37. The van der Waals surface area contributed by atoms with Gasteiger partial charge in [0.2, 0.25) is 16.9 Å². The lowest BCUT2D eigenvalue weighted by atomic mass is 10.1. The summed E-state index contributed by atoms with van der Waals surface area (Å²) in [5.74, 6) is 6.67. The zero-order valence-corrected chi connectivity index (χ0v) is 18.3. The van der Waals surface area contributed by atoms with Crippen molar-refractivity contribution in [3.05, 3.63) is 65.2 Å². The van der Waals surface area contributed by atoms with E-state index in [4.69, 9.17) is 5.84 Å². The van der Waals surface area contributed by atoms with Gasteiger partial charge in [0.05, 0.1) is 11.4 Å². The number of H-pyrrole nitrogens is 1. The molecule has 0 saturated carbocycles. The maximum Gasteiger partial charge on any atom is 0.234 e. The van der Waals surface area contributed by atoms with Crippen molar-refractivity contribution in [3.63, 3.8) is 0 Å². The number of carbonyl (C=O) groups excluding carboxylic acids is 1. The monoisotopic (exact) mass is 433 g/mol. The maximum absolute atomic E-state index is 12.4. The molecule has 0 aliphatic carbocycles. The Balaban J connectivity index is 1.44. The second-order valence-corrected chi connectivity index (χ2v) is 8.26. The fourth-order valence-electron chi connectivity index (χ4n) is 3.18. The number of hydrogen-bond acceptors (Lipinski definition) is 6. The van der Waals surface area contributed by atoms with E-state index >= 15 is 0 Å². The Morgan fingerprint density at radius 3 is 2.52 bits per heavy atom. The summed E-state index contributed by atoms with van der Waals surface area (Å²) in [5.41, 5.74) is 6.50. The van der Waals surface area contributed by atoms with Crippen LogP contribution in [0, 0.1) is 20.8 Å². The number of benzene rings is 2. The Morgan fingerprint density at radius 1 is 1.10 bits per heavy atom. The van der Waals surface area contributed by atoms with Gasteiger partial charge in [-0.25, -0.2) is 4.68 Å². The SMILES string of the molecule is Cc1ccc(-c2cc(-c3nnc(SCC(=O)Nc4c(C)cccc4C)n3N)[nH]n2)cc1. The molecule has 0 unspecified atom stereocenters. The summed E-state index contributed by atoms with van der Waals surface area (Å²) in [6.45, 7) is 5.97. The van der Waals surface area contributed by atoms with Crippen LogP contribution in [-0.2, 0) is 4.79 Å². The van der Waals surface area contributed by atoms with Crippen molar-refractivity contribution in [1.29, 1.82) is 0 Å². The quantitative estimate of drug-likeness (QED) is 0.315. The summed E-state index contributed by atoms with van der Waals surface area (Å²) in [7, 11) is 0. The molecule has 0 radical (unpaired) electrons. The van der Waals surface area contributed by atoms with Gasteiger partial charge < -0.3 is 11.2 Å². The van der Waals surface area contributed by atoms with Crippen molar-refractivity contribution in [2.24, 2.45) is 0 Å². The van der Waals surface area contributed by atoms with E-state index in [2.05, 4.69) is 25.7 Å². The Morgan fingerprint density at radius 2 is 1.81 bits per heavy atom. The van der Waals surface area contributed by atoms with Gasteiger partial charge in [-0.1, -0.05) is 59.8 Å². The van der Waals surface area contributed by atoms with E-state index in [1.165, 1.54) is 22.0 Å². The number of aromatic nitrogens is 5. The standard InChI is InChI=1S/C22H23N7OS/c1-13-7-9-16(10-8-13)17-11-18(26-25-17)21-27-28-22(29(21)23)31-12-19(30)24-20-14(2)5-4-6-15(20)3/h4-11H,12,23H2,1-3H3,(H,24,30)(H,25,26). The van der Waals surface area contributed by atoms with Crippen molar-refractivity contribution in [1.82, 2.24) is 25.1 Å². The first-order valence-corrected chi connectivity index (χ1v) is 10.7. The van der Waals surface area contributed by atoms with Gasteiger partial charge >= 0.3 is 0 Å². The number of thioether (sulfide) groups is 1. The fourth-order valence-corrected chi connectivity index (χ4v) is 3.84. The van der Waals surface area contributed by atoms with Crippen LogP contribution >= 0.6 is 11.8 Å². The lowest BCUT2D eigenvalue weighted by molar-refractivity contribution is -0.113. The molecule has 0 saturated heterocycles. The molecule has 2 aromatic carbocycles. The number of nitrogen functional groups attached to an aromatic ring is 1. The number of nitrogens with two attached hydrogens (primary N) is 1. The van der Waals surface area contributed by atoms with Gasteiger partial charge in [-0.05, 0) is 38.0 Å². The third-order valence-corrected chi connectivity index (χ3v) is 5.85. The number of aromatic amines is 1. The highest BCUT2D eigenvalue weighted by atomic mass is 32.2. The number of para-hydroxylation sites is 1. The molecule has 4 N–H and O–H groups in total. The van der Waals surface area contributed by atoms with Crippen LogP contribution in [0.1, 0.15) is 16.7 Å². The molecule has 9 heteroatoms. The molecule has 2 heterocycles. The first-order valence-electron chi connectivity index (χ1n) is 9.74. The predicted octanol–water partition coefficient (Wildman–Crippen LogP) is 3.71. The van der Waals surface area contributed by atoms with E-state index in [-0.39, 0.29) is 11.7 Å². The Hall–Kier alpha value is -3.59. The number of rotatable bonds is 6. The number of nitrogens with one attached hydrogen (secondary N) is 2. The van der Waals surface area contributed by atoms with Gasteiger partial charge in [0, 0.05) is 11.3 Å². The minimum absolute atomic E-state index is 0.129. The second kappa shape index (κ2) is 8.65. The molecule has 158 valence electrons. The van der Waals surface area contributed by atoms with Gasteiger partial charge in [0.25, 0.3) is 0 Å². The Bertz CT molecular complexity index is 1210. The highest BCUT2D eigenvalue weighted by molar-refractivity contribution is 7.99. The van der Waals surface area contributed by atoms with E-state index in [1.54, 1.807) is 0 Å². The summed E-state index contributed by atoms with van der Waals surface area (Å²) >= 11 is 1.22. The van der Waals surface area contributed by atoms with Crippen LogP contribution in [0.4, 0.5) is 5.69 Å². The third kappa shape index (κ3) is 4.46. The van der Waals surface area contributed by atoms with E-state index in [0.717, 1.165) is 28.1 Å². The van der Waals surface area contributed by atoms with E-state index in [1.807, 2.05) is 69.3 Å². The third-order valence-electron chi connectivity index (χ3n) is 4.91. The number of aryl methyl sites for hydroxylation is 3. The van der Waals surface area contributed by atoms with Crippen LogP contribution in [0.3, 0.4) is 0 Å². The number of nitrogens with zero attached hydrogens (tertiary/aromatic N) is 4. The largest absolute Gasteiger partial charge is 0.335 e. The molecule has 0 spiro atoms. The molecule has 4 aromatic rings. The van der Waals surface area contributed by atoms with Gasteiger partial charge in [-0.2, -0.15) is 5.10 Å². The molecule has 31 heavy (non-hydrogen) atoms. The average molecular weight is 434 g/mol. The highest BCUT2D eigenvalue weighted by Gasteiger charge is 2.17. The summed E-state index contributed by atoms with van der Waals surface area (Å²) in [4.78, 5) is 12.4. The normalized spacial score (nSPS) is 10.9. The smallest absolute Gasteiger partial charge is 0.234 e. The topological polar surface area (TPSA) is 115 Å². The lowest BCUT2D eigenvalue weighted by Gasteiger charge is -2.11. The molecule has 4 rings (SSSR count). The predicted molar refractivity (Wildman–Crippen MR) is 123 cm³/mol. The fraction of sp³-hybridized carbons (Fsp3) is 0.182. The van der Waals surface area contributed by atoms with Crippen LogP contribution < -0.4 is 11.2 Å². The van der Waals surface area contributed by atoms with E-state index in [9.17, 15) is 4.79 Å². The van der Waals surface area contributed by atoms with Crippen LogP contribution in [0.5, 0.6) is 0 Å². The number of anilines is 1.